The molecule has 0 radical (unpaired) electrons. The number of ether oxygens (including phenoxy) is 1. The lowest BCUT2D eigenvalue weighted by Crippen LogP contribution is -2.70. The molecule has 2 aliphatic heterocycles. The van der Waals surface area contributed by atoms with Crippen molar-refractivity contribution in [3.63, 3.8) is 0 Å². The number of carbonyl (C=O) groups is 3. The van der Waals surface area contributed by atoms with Gasteiger partial charge in [-0.15, -0.1) is 11.8 Å². The lowest BCUT2D eigenvalue weighted by Gasteiger charge is -2.48. The fourth-order valence-corrected chi connectivity index (χ4v) is 5.48. The first kappa shape index (κ1) is 22.9. The number of benzene rings is 3. The van der Waals surface area contributed by atoms with Crippen LogP contribution >= 0.6 is 11.8 Å². The lowest BCUT2D eigenvalue weighted by molar-refractivity contribution is -0.154. The molecule has 0 unspecified atom stereocenters. The van der Waals surface area contributed by atoms with Crippen LogP contribution in [0.4, 0.5) is 0 Å². The minimum Gasteiger partial charge on any atom is -0.448 e. The molecule has 3 aromatic carbocycles. The van der Waals surface area contributed by atoms with Crippen molar-refractivity contribution >= 4 is 29.5 Å². The van der Waals surface area contributed by atoms with Crippen molar-refractivity contribution in [1.82, 2.24) is 10.2 Å². The van der Waals surface area contributed by atoms with E-state index < -0.39 is 18.1 Å². The topological polar surface area (TPSA) is 75.7 Å². The summed E-state index contributed by atoms with van der Waals surface area (Å²) < 4.78 is 5.96. The highest BCUT2D eigenvalue weighted by Gasteiger charge is 2.53. The molecule has 0 spiro atoms. The normalized spacial score (nSPS) is 18.8. The summed E-state index contributed by atoms with van der Waals surface area (Å²) in [6.07, 6.45) is 1.32. The summed E-state index contributed by atoms with van der Waals surface area (Å²) in [5.74, 6) is -0.537. The van der Waals surface area contributed by atoms with Crippen molar-refractivity contribution in [2.75, 3.05) is 5.75 Å². The van der Waals surface area contributed by atoms with Crippen LogP contribution in [-0.2, 0) is 25.5 Å². The Balaban J connectivity index is 1.28. The third-order valence-electron chi connectivity index (χ3n) is 6.01. The highest BCUT2D eigenvalue weighted by molar-refractivity contribution is 8.00. The molecular formula is C28H24N2O4S. The third-order valence-corrected chi connectivity index (χ3v) is 7.19. The molecule has 0 aromatic heterocycles. The van der Waals surface area contributed by atoms with Gasteiger partial charge in [0.25, 0.3) is 5.91 Å². The number of β-lactam (4-membered cyclic amide) rings is 1. The van der Waals surface area contributed by atoms with Crippen LogP contribution < -0.4 is 5.32 Å². The summed E-state index contributed by atoms with van der Waals surface area (Å²) in [5.41, 5.74) is 2.79. The molecule has 3 aromatic rings. The number of hydrogen-bond acceptors (Lipinski definition) is 5. The zero-order valence-corrected chi connectivity index (χ0v) is 19.7. The Morgan fingerprint density at radius 1 is 0.914 bits per heavy atom. The van der Waals surface area contributed by atoms with Gasteiger partial charge in [-0.2, -0.15) is 0 Å². The standard InChI is InChI=1S/C28H24N2O4S/c31-23(18-19-10-4-1-5-11-19)29-24-26(32)30-22(16-17-35-27(24)30)28(33)34-25(20-12-6-2-7-13-20)21-14-8-3-9-15-21/h1-16,24-25,27H,17-18H2,(H,29,31)/t24-,27+/m1/s1. The molecule has 2 amide bonds. The average Bonchev–Trinajstić information content (AvgIpc) is 2.91. The average molecular weight is 485 g/mol. The molecule has 2 aliphatic rings. The maximum atomic E-state index is 13.3. The Kier molecular flexibility index (Phi) is 6.68. The number of nitrogens with zero attached hydrogens (tertiary/aromatic N) is 1. The van der Waals surface area contributed by atoms with Gasteiger partial charge in [0.15, 0.2) is 6.10 Å². The molecule has 2 heterocycles. The first-order valence-electron chi connectivity index (χ1n) is 11.4. The molecule has 0 saturated carbocycles. The minimum atomic E-state index is -0.660. The second kappa shape index (κ2) is 10.2. The maximum Gasteiger partial charge on any atom is 0.355 e. The molecular weight excluding hydrogens is 460 g/mol. The Hall–Kier alpha value is -3.84. The van der Waals surface area contributed by atoms with Crippen molar-refractivity contribution in [3.8, 4) is 0 Å². The first-order valence-corrected chi connectivity index (χ1v) is 12.5. The summed E-state index contributed by atoms with van der Waals surface area (Å²) in [6, 6.07) is 27.7. The summed E-state index contributed by atoms with van der Waals surface area (Å²) in [5, 5.41) is 2.50. The van der Waals surface area contributed by atoms with E-state index in [1.807, 2.05) is 91.0 Å². The van der Waals surface area contributed by atoms with Crippen molar-refractivity contribution in [1.29, 1.82) is 0 Å². The van der Waals surface area contributed by atoms with Crippen molar-refractivity contribution < 1.29 is 19.1 Å². The van der Waals surface area contributed by atoms with Crippen LogP contribution in [0.1, 0.15) is 22.8 Å². The summed E-state index contributed by atoms with van der Waals surface area (Å²) >= 11 is 1.51. The van der Waals surface area contributed by atoms with Crippen LogP contribution in [0.5, 0.6) is 0 Å². The van der Waals surface area contributed by atoms with Crippen LogP contribution in [0.3, 0.4) is 0 Å². The van der Waals surface area contributed by atoms with Gasteiger partial charge in [0.1, 0.15) is 17.1 Å². The number of nitrogens with one attached hydrogen (secondary N) is 1. The molecule has 7 heteroatoms. The monoisotopic (exact) mass is 484 g/mol. The minimum absolute atomic E-state index is 0.197. The van der Waals surface area contributed by atoms with Gasteiger partial charge >= 0.3 is 5.97 Å². The van der Waals surface area contributed by atoms with Gasteiger partial charge in [-0.05, 0) is 22.8 Å². The lowest BCUT2D eigenvalue weighted by atomic mass is 10.0. The van der Waals surface area contributed by atoms with Gasteiger partial charge in [0, 0.05) is 5.75 Å². The molecule has 0 bridgehead atoms. The molecule has 5 rings (SSSR count). The van der Waals surface area contributed by atoms with E-state index in [2.05, 4.69) is 5.32 Å². The second-order valence-electron chi connectivity index (χ2n) is 8.34. The maximum absolute atomic E-state index is 13.3. The van der Waals surface area contributed by atoms with Crippen LogP contribution in [0, 0.1) is 0 Å². The van der Waals surface area contributed by atoms with E-state index in [0.29, 0.717) is 5.75 Å². The van der Waals surface area contributed by atoms with E-state index in [4.69, 9.17) is 4.74 Å². The van der Waals surface area contributed by atoms with Crippen molar-refractivity contribution in [2.45, 2.75) is 23.9 Å². The number of fused-ring (bicyclic) bond motifs is 1. The van der Waals surface area contributed by atoms with E-state index in [9.17, 15) is 14.4 Å². The quantitative estimate of drug-likeness (QED) is 0.407. The smallest absolute Gasteiger partial charge is 0.355 e. The Bertz CT molecular complexity index is 1210. The van der Waals surface area contributed by atoms with Crippen LogP contribution in [0.25, 0.3) is 0 Å². The Labute approximate surface area is 208 Å². The molecule has 2 atom stereocenters. The van der Waals surface area contributed by atoms with E-state index in [1.54, 1.807) is 6.08 Å². The van der Waals surface area contributed by atoms with Gasteiger partial charge in [-0.25, -0.2) is 4.79 Å². The molecule has 176 valence electrons. The highest BCUT2D eigenvalue weighted by Crippen LogP contribution is 2.39. The Morgan fingerprint density at radius 3 is 2.09 bits per heavy atom. The van der Waals surface area contributed by atoms with Crippen LogP contribution in [0.15, 0.2) is 103 Å². The zero-order valence-electron chi connectivity index (χ0n) is 18.9. The van der Waals surface area contributed by atoms with Gasteiger partial charge in [-0.3, -0.25) is 14.5 Å². The van der Waals surface area contributed by atoms with E-state index >= 15 is 0 Å². The number of hydrogen-bond donors (Lipinski definition) is 1. The summed E-state index contributed by atoms with van der Waals surface area (Å²) in [7, 11) is 0. The first-order chi connectivity index (χ1) is 17.1. The van der Waals surface area contributed by atoms with Crippen LogP contribution in [-0.4, -0.2) is 39.9 Å². The predicted molar refractivity (Wildman–Crippen MR) is 134 cm³/mol. The summed E-state index contributed by atoms with van der Waals surface area (Å²) in [4.78, 5) is 40.2. The number of carbonyl (C=O) groups excluding carboxylic acids is 3. The fraction of sp³-hybridized carbons (Fsp3) is 0.179. The molecule has 1 N–H and O–H groups in total. The molecule has 6 nitrogen and oxygen atoms in total. The highest BCUT2D eigenvalue weighted by atomic mass is 32.2. The van der Waals surface area contributed by atoms with Crippen molar-refractivity contribution in [3.05, 3.63) is 119 Å². The fourth-order valence-electron chi connectivity index (χ4n) is 4.29. The summed E-state index contributed by atoms with van der Waals surface area (Å²) in [6.45, 7) is 0. The SMILES string of the molecule is O=C(Cc1ccccc1)N[C@@H]1C(=O)N2C(C(=O)OC(c3ccccc3)c3ccccc3)=CCS[C@@H]12. The van der Waals surface area contributed by atoms with Crippen molar-refractivity contribution in [2.24, 2.45) is 0 Å². The number of amides is 2. The van der Waals surface area contributed by atoms with Crippen LogP contribution in [0.2, 0.25) is 0 Å². The van der Waals surface area contributed by atoms with Gasteiger partial charge in [0.2, 0.25) is 5.91 Å². The zero-order chi connectivity index (χ0) is 24.2. The van der Waals surface area contributed by atoms with E-state index in [0.717, 1.165) is 16.7 Å². The molecule has 0 aliphatic carbocycles. The van der Waals surface area contributed by atoms with Gasteiger partial charge in [0.05, 0.1) is 6.42 Å². The molecule has 1 fully saturated rings. The van der Waals surface area contributed by atoms with Gasteiger partial charge in [-0.1, -0.05) is 91.0 Å². The number of thioether (sulfide) groups is 1. The second-order valence-corrected chi connectivity index (χ2v) is 9.49. The Morgan fingerprint density at radius 2 is 1.49 bits per heavy atom. The van der Waals surface area contributed by atoms with E-state index in [-0.39, 0.29) is 29.3 Å². The van der Waals surface area contributed by atoms with E-state index in [1.165, 1.54) is 16.7 Å². The van der Waals surface area contributed by atoms with Gasteiger partial charge < -0.3 is 10.1 Å². The third kappa shape index (κ3) is 4.86. The number of esters is 1. The molecule has 35 heavy (non-hydrogen) atoms. The molecule has 1 saturated heterocycles. The predicted octanol–water partition coefficient (Wildman–Crippen LogP) is 3.85. The number of rotatable bonds is 7. The largest absolute Gasteiger partial charge is 0.448 e.